The van der Waals surface area contributed by atoms with Gasteiger partial charge in [0.25, 0.3) is 0 Å². The van der Waals surface area contributed by atoms with Crippen LogP contribution in [0.1, 0.15) is 45.8 Å². The van der Waals surface area contributed by atoms with Gasteiger partial charge in [0, 0.05) is 13.0 Å². The van der Waals surface area contributed by atoms with Crippen LogP contribution in [0.15, 0.2) is 30.3 Å². The van der Waals surface area contributed by atoms with Gasteiger partial charge in [-0.25, -0.2) is 0 Å². The number of aliphatic hydroxyl groups is 1. The van der Waals surface area contributed by atoms with Crippen LogP contribution in [-0.2, 0) is 4.79 Å². The second kappa shape index (κ2) is 7.44. The zero-order valence-electron chi connectivity index (χ0n) is 13.2. The summed E-state index contributed by atoms with van der Waals surface area (Å²) in [5, 5.41) is 10.4. The maximum absolute atomic E-state index is 12.4. The number of carbonyl (C=O) groups excluding carboxylic acids is 1. The zero-order chi connectivity index (χ0) is 15.3. The van der Waals surface area contributed by atoms with Crippen molar-refractivity contribution in [2.24, 2.45) is 11.8 Å². The van der Waals surface area contributed by atoms with Gasteiger partial charge in [0.1, 0.15) is 0 Å². The molecule has 0 radical (unpaired) electrons. The standard InChI is InChI=1S/C17H27NO2/c1-12(2)11-13(3)17(20)18(5)14(4)16(19)15-9-7-6-8-10-15/h6-10,12-14,16,19H,11H2,1-5H3/t13-,14+,16-/m0/s1. The number of amides is 1. The molecule has 1 rings (SSSR count). The molecule has 112 valence electrons. The second-order valence-electron chi connectivity index (χ2n) is 6.08. The summed E-state index contributed by atoms with van der Waals surface area (Å²) >= 11 is 0. The molecule has 3 atom stereocenters. The number of nitrogens with zero attached hydrogens (tertiary/aromatic N) is 1. The van der Waals surface area contributed by atoms with Crippen molar-refractivity contribution >= 4 is 5.91 Å². The van der Waals surface area contributed by atoms with Gasteiger partial charge < -0.3 is 10.0 Å². The van der Waals surface area contributed by atoms with Crippen molar-refractivity contribution in [2.45, 2.75) is 46.3 Å². The number of benzene rings is 1. The molecule has 3 nitrogen and oxygen atoms in total. The lowest BCUT2D eigenvalue weighted by molar-refractivity contribution is -0.138. The van der Waals surface area contributed by atoms with Crippen molar-refractivity contribution in [3.05, 3.63) is 35.9 Å². The minimum atomic E-state index is -0.656. The lowest BCUT2D eigenvalue weighted by Gasteiger charge is -2.31. The third-order valence-corrected chi connectivity index (χ3v) is 3.80. The molecule has 0 aliphatic rings. The van der Waals surface area contributed by atoms with Gasteiger partial charge in [0.2, 0.25) is 5.91 Å². The van der Waals surface area contributed by atoms with Crippen molar-refractivity contribution in [1.29, 1.82) is 0 Å². The number of hydrogen-bond donors (Lipinski definition) is 1. The smallest absolute Gasteiger partial charge is 0.225 e. The quantitative estimate of drug-likeness (QED) is 0.867. The lowest BCUT2D eigenvalue weighted by Crippen LogP contribution is -2.41. The van der Waals surface area contributed by atoms with E-state index in [1.165, 1.54) is 0 Å². The summed E-state index contributed by atoms with van der Waals surface area (Å²) in [4.78, 5) is 14.0. The van der Waals surface area contributed by atoms with E-state index >= 15 is 0 Å². The summed E-state index contributed by atoms with van der Waals surface area (Å²) in [5.74, 6) is 0.586. The van der Waals surface area contributed by atoms with Crippen LogP contribution in [0.25, 0.3) is 0 Å². The average Bonchev–Trinajstić information content (AvgIpc) is 2.44. The molecule has 20 heavy (non-hydrogen) atoms. The number of rotatable bonds is 6. The number of carbonyl (C=O) groups is 1. The third kappa shape index (κ3) is 4.34. The number of hydrogen-bond acceptors (Lipinski definition) is 2. The molecule has 0 aromatic heterocycles. The van der Waals surface area contributed by atoms with Gasteiger partial charge in [-0.15, -0.1) is 0 Å². The Morgan fingerprint density at radius 3 is 2.20 bits per heavy atom. The Kier molecular flexibility index (Phi) is 6.21. The first-order chi connectivity index (χ1) is 9.34. The fourth-order valence-corrected chi connectivity index (χ4v) is 2.50. The average molecular weight is 277 g/mol. The highest BCUT2D eigenvalue weighted by molar-refractivity contribution is 5.78. The van der Waals surface area contributed by atoms with Crippen molar-refractivity contribution in [1.82, 2.24) is 4.90 Å². The van der Waals surface area contributed by atoms with Crippen molar-refractivity contribution in [3.8, 4) is 0 Å². The molecule has 1 amide bonds. The first kappa shape index (κ1) is 16.7. The molecule has 0 fully saturated rings. The Balaban J connectivity index is 2.71. The summed E-state index contributed by atoms with van der Waals surface area (Å²) in [6.07, 6.45) is 0.216. The van der Waals surface area contributed by atoms with E-state index in [-0.39, 0.29) is 17.9 Å². The Labute approximate surface area is 122 Å². The maximum atomic E-state index is 12.4. The predicted octanol–water partition coefficient (Wildman–Crippen LogP) is 3.25. The van der Waals surface area contributed by atoms with Gasteiger partial charge in [-0.2, -0.15) is 0 Å². The monoisotopic (exact) mass is 277 g/mol. The van der Waals surface area contributed by atoms with Gasteiger partial charge in [-0.1, -0.05) is 51.1 Å². The Hall–Kier alpha value is -1.35. The van der Waals surface area contributed by atoms with Crippen LogP contribution < -0.4 is 0 Å². The van der Waals surface area contributed by atoms with E-state index in [4.69, 9.17) is 0 Å². The predicted molar refractivity (Wildman–Crippen MR) is 82.3 cm³/mol. The molecule has 0 saturated heterocycles. The maximum Gasteiger partial charge on any atom is 0.225 e. The minimum Gasteiger partial charge on any atom is -0.386 e. The van der Waals surface area contributed by atoms with Crippen LogP contribution in [0.4, 0.5) is 0 Å². The second-order valence-corrected chi connectivity index (χ2v) is 6.08. The van der Waals surface area contributed by atoms with Crippen LogP contribution in [0.5, 0.6) is 0 Å². The molecule has 1 N–H and O–H groups in total. The third-order valence-electron chi connectivity index (χ3n) is 3.80. The molecule has 0 spiro atoms. The van der Waals surface area contributed by atoms with E-state index in [0.29, 0.717) is 5.92 Å². The SMILES string of the molecule is CC(C)C[C@H](C)C(=O)N(C)[C@H](C)[C@H](O)c1ccccc1. The fourth-order valence-electron chi connectivity index (χ4n) is 2.50. The Morgan fingerprint density at radius 1 is 1.15 bits per heavy atom. The van der Waals surface area contributed by atoms with Gasteiger partial charge in [0.15, 0.2) is 0 Å². The molecule has 0 bridgehead atoms. The summed E-state index contributed by atoms with van der Waals surface area (Å²) in [6.45, 7) is 8.08. The van der Waals surface area contributed by atoms with Gasteiger partial charge in [0.05, 0.1) is 12.1 Å². The van der Waals surface area contributed by atoms with E-state index in [9.17, 15) is 9.90 Å². The molecule has 0 aliphatic heterocycles. The van der Waals surface area contributed by atoms with Crippen LogP contribution >= 0.6 is 0 Å². The number of likely N-dealkylation sites (N-methyl/N-ethyl adjacent to an activating group) is 1. The highest BCUT2D eigenvalue weighted by atomic mass is 16.3. The molecule has 0 heterocycles. The lowest BCUT2D eigenvalue weighted by atomic mass is 9.96. The highest BCUT2D eigenvalue weighted by Gasteiger charge is 2.27. The summed E-state index contributed by atoms with van der Waals surface area (Å²) in [7, 11) is 1.77. The molecule has 1 aromatic carbocycles. The van der Waals surface area contributed by atoms with E-state index < -0.39 is 6.10 Å². The zero-order valence-corrected chi connectivity index (χ0v) is 13.2. The van der Waals surface area contributed by atoms with Crippen molar-refractivity contribution in [2.75, 3.05) is 7.05 Å². The van der Waals surface area contributed by atoms with E-state index in [1.807, 2.05) is 44.2 Å². The number of aliphatic hydroxyl groups excluding tert-OH is 1. The summed E-state index contributed by atoms with van der Waals surface area (Å²) < 4.78 is 0. The Bertz CT molecular complexity index is 416. The molecular formula is C17H27NO2. The summed E-state index contributed by atoms with van der Waals surface area (Å²) in [5.41, 5.74) is 0.844. The fraction of sp³-hybridized carbons (Fsp3) is 0.588. The van der Waals surface area contributed by atoms with E-state index in [2.05, 4.69) is 13.8 Å². The van der Waals surface area contributed by atoms with E-state index in [1.54, 1.807) is 11.9 Å². The normalized spacial score (nSPS) is 15.8. The first-order valence-electron chi connectivity index (χ1n) is 7.34. The van der Waals surface area contributed by atoms with Crippen molar-refractivity contribution < 1.29 is 9.90 Å². The highest BCUT2D eigenvalue weighted by Crippen LogP contribution is 2.22. The molecule has 0 aliphatic carbocycles. The largest absolute Gasteiger partial charge is 0.386 e. The first-order valence-corrected chi connectivity index (χ1v) is 7.34. The van der Waals surface area contributed by atoms with Crippen LogP contribution in [0, 0.1) is 11.8 Å². The molecule has 0 unspecified atom stereocenters. The topological polar surface area (TPSA) is 40.5 Å². The van der Waals surface area contributed by atoms with E-state index in [0.717, 1.165) is 12.0 Å². The Morgan fingerprint density at radius 2 is 1.70 bits per heavy atom. The van der Waals surface area contributed by atoms with Gasteiger partial charge >= 0.3 is 0 Å². The van der Waals surface area contributed by atoms with Crippen LogP contribution in [0.2, 0.25) is 0 Å². The minimum absolute atomic E-state index is 0.00887. The van der Waals surface area contributed by atoms with Crippen molar-refractivity contribution in [3.63, 3.8) is 0 Å². The molecular weight excluding hydrogens is 250 g/mol. The van der Waals surface area contributed by atoms with Crippen LogP contribution in [-0.4, -0.2) is 29.0 Å². The molecule has 3 heteroatoms. The van der Waals surface area contributed by atoms with Gasteiger partial charge in [-0.3, -0.25) is 4.79 Å². The molecule has 0 saturated carbocycles. The summed E-state index contributed by atoms with van der Waals surface area (Å²) in [6, 6.07) is 9.25. The van der Waals surface area contributed by atoms with Crippen LogP contribution in [0.3, 0.4) is 0 Å². The molecule has 1 aromatic rings. The van der Waals surface area contributed by atoms with Gasteiger partial charge in [-0.05, 0) is 24.8 Å².